The molecule has 0 unspecified atom stereocenters. The minimum absolute atomic E-state index is 0.00847. The van der Waals surface area contributed by atoms with Crippen LogP contribution in [-0.2, 0) is 11.8 Å². The Kier molecular flexibility index (Phi) is 4.91. The van der Waals surface area contributed by atoms with Crippen LogP contribution in [0.15, 0.2) is 18.9 Å². The molecule has 28 heavy (non-hydrogen) atoms. The van der Waals surface area contributed by atoms with Gasteiger partial charge >= 0.3 is 0 Å². The van der Waals surface area contributed by atoms with E-state index in [0.29, 0.717) is 30.0 Å². The van der Waals surface area contributed by atoms with E-state index < -0.39 is 0 Å². The Labute approximate surface area is 168 Å². The summed E-state index contributed by atoms with van der Waals surface area (Å²) in [6, 6.07) is 0. The van der Waals surface area contributed by atoms with Crippen LogP contribution in [0.2, 0.25) is 0 Å². The first-order valence-corrected chi connectivity index (χ1v) is 10.5. The lowest BCUT2D eigenvalue weighted by Gasteiger charge is -2.30. The maximum Gasteiger partial charge on any atom is 0.254 e. The molecule has 3 fully saturated rings. The highest BCUT2D eigenvalue weighted by atomic mass is 16.5. The number of hydrogen-bond acceptors (Lipinski definition) is 4. The van der Waals surface area contributed by atoms with Crippen LogP contribution in [0.5, 0.6) is 0 Å². The molecule has 2 bridgehead atoms. The maximum atomic E-state index is 12.6. The average Bonchev–Trinajstić information content (AvgIpc) is 3.31. The van der Waals surface area contributed by atoms with Crippen LogP contribution in [0.4, 0.5) is 0 Å². The lowest BCUT2D eigenvalue weighted by Crippen LogP contribution is -2.42. The number of carbonyl (C=O) groups excluding carboxylic acids is 1. The molecule has 0 aliphatic carbocycles. The molecule has 3 saturated heterocycles. The summed E-state index contributed by atoms with van der Waals surface area (Å²) in [4.78, 5) is 15.2. The third-order valence-corrected chi connectivity index (χ3v) is 6.96. The molecule has 4 heterocycles. The number of carbonyl (C=O) groups is 1. The van der Waals surface area contributed by atoms with Gasteiger partial charge in [0.1, 0.15) is 0 Å². The van der Waals surface area contributed by atoms with E-state index in [-0.39, 0.29) is 16.9 Å². The summed E-state index contributed by atoms with van der Waals surface area (Å²) in [5, 5.41) is 7.45. The van der Waals surface area contributed by atoms with Gasteiger partial charge in [-0.25, -0.2) is 0 Å². The molecule has 3 aliphatic heterocycles. The lowest BCUT2D eigenvalue weighted by molar-refractivity contribution is 0.0000715. The van der Waals surface area contributed by atoms with Gasteiger partial charge < -0.3 is 10.1 Å². The number of aryl methyl sites for hydroxylation is 2. The van der Waals surface area contributed by atoms with Crippen molar-refractivity contribution >= 4 is 5.91 Å². The fraction of sp³-hybridized carbons (Fsp3) is 0.727. The Morgan fingerprint density at radius 3 is 3.00 bits per heavy atom. The Morgan fingerprint density at radius 1 is 1.54 bits per heavy atom. The van der Waals surface area contributed by atoms with Crippen molar-refractivity contribution in [1.29, 1.82) is 0 Å². The topological polar surface area (TPSA) is 59.4 Å². The Bertz CT molecular complexity index is 771. The lowest BCUT2D eigenvalue weighted by atomic mass is 9.73. The molecule has 4 atom stereocenters. The Hall–Kier alpha value is -1.66. The van der Waals surface area contributed by atoms with Gasteiger partial charge in [0.15, 0.2) is 0 Å². The fourth-order valence-electron chi connectivity index (χ4n) is 5.87. The fourth-order valence-corrected chi connectivity index (χ4v) is 5.87. The van der Waals surface area contributed by atoms with Crippen molar-refractivity contribution in [1.82, 2.24) is 20.0 Å². The van der Waals surface area contributed by atoms with E-state index in [1.807, 2.05) is 20.0 Å². The number of fused-ring (bicyclic) bond motifs is 1. The van der Waals surface area contributed by atoms with Gasteiger partial charge in [-0.2, -0.15) is 5.10 Å². The van der Waals surface area contributed by atoms with Crippen molar-refractivity contribution in [3.05, 3.63) is 30.1 Å². The first-order valence-electron chi connectivity index (χ1n) is 10.5. The number of amides is 1. The predicted octanol–water partition coefficient (Wildman–Crippen LogP) is 2.54. The normalized spacial score (nSPS) is 31.9. The number of nitrogens with zero attached hydrogens (tertiary/aromatic N) is 3. The monoisotopic (exact) mass is 386 g/mol. The van der Waals surface area contributed by atoms with Gasteiger partial charge in [0.05, 0.1) is 23.0 Å². The largest absolute Gasteiger partial charge is 0.370 e. The molecule has 1 amide bonds. The molecule has 0 aromatic carbocycles. The van der Waals surface area contributed by atoms with Crippen LogP contribution >= 0.6 is 0 Å². The van der Waals surface area contributed by atoms with Crippen molar-refractivity contribution in [2.75, 3.05) is 26.2 Å². The second-order valence-corrected chi connectivity index (χ2v) is 9.87. The van der Waals surface area contributed by atoms with Gasteiger partial charge in [0.25, 0.3) is 5.91 Å². The minimum Gasteiger partial charge on any atom is -0.370 e. The summed E-state index contributed by atoms with van der Waals surface area (Å²) in [6.45, 7) is 14.3. The van der Waals surface area contributed by atoms with Crippen LogP contribution in [0.25, 0.3) is 0 Å². The second kappa shape index (κ2) is 6.99. The van der Waals surface area contributed by atoms with Crippen molar-refractivity contribution in [2.45, 2.75) is 51.7 Å². The third kappa shape index (κ3) is 3.41. The quantitative estimate of drug-likeness (QED) is 0.732. The molecule has 1 N–H and O–H groups in total. The first kappa shape index (κ1) is 19.6. The number of allylic oxidation sites excluding steroid dienone is 1. The van der Waals surface area contributed by atoms with E-state index in [2.05, 4.69) is 35.7 Å². The zero-order valence-electron chi connectivity index (χ0n) is 17.7. The highest BCUT2D eigenvalue weighted by Crippen LogP contribution is 2.55. The molecule has 1 aromatic rings. The molecule has 154 valence electrons. The summed E-state index contributed by atoms with van der Waals surface area (Å²) in [5.74, 6) is 0.896. The summed E-state index contributed by atoms with van der Waals surface area (Å²) < 4.78 is 8.23. The first-order chi connectivity index (χ1) is 13.2. The Balaban J connectivity index is 1.40. The van der Waals surface area contributed by atoms with Gasteiger partial charge in [0.2, 0.25) is 0 Å². The summed E-state index contributed by atoms with van der Waals surface area (Å²) in [5.41, 5.74) is 1.68. The van der Waals surface area contributed by atoms with Gasteiger partial charge in [-0.05, 0) is 31.6 Å². The molecule has 0 saturated carbocycles. The molecule has 6 nitrogen and oxygen atoms in total. The molecular weight excluding hydrogens is 352 g/mol. The number of likely N-dealkylation sites (tertiary alicyclic amines) is 1. The van der Waals surface area contributed by atoms with E-state index in [4.69, 9.17) is 4.74 Å². The Morgan fingerprint density at radius 2 is 2.32 bits per heavy atom. The molecular formula is C22H34N4O2. The smallest absolute Gasteiger partial charge is 0.254 e. The van der Waals surface area contributed by atoms with Gasteiger partial charge in [-0.3, -0.25) is 14.4 Å². The zero-order valence-corrected chi connectivity index (χ0v) is 17.7. The molecule has 1 aromatic heterocycles. The van der Waals surface area contributed by atoms with E-state index in [0.717, 1.165) is 44.6 Å². The summed E-state index contributed by atoms with van der Waals surface area (Å²) in [7, 11) is 1.85. The number of aromatic nitrogens is 2. The van der Waals surface area contributed by atoms with Gasteiger partial charge in [-0.15, -0.1) is 6.58 Å². The highest BCUT2D eigenvalue weighted by molar-refractivity contribution is 5.95. The number of rotatable bonds is 7. The van der Waals surface area contributed by atoms with E-state index in [9.17, 15) is 4.79 Å². The minimum atomic E-state index is -0.0237. The summed E-state index contributed by atoms with van der Waals surface area (Å²) in [6.07, 6.45) is 7.41. The standard InChI is InChI=1S/C22H34N4O2/c1-6-8-21(3,4)13-26-12-18-16(19-7-9-22(18,14-26)28-19)10-23-20(27)17-11-25(5)24-15(17)2/h6,11,16,18-19H,1,7-10,12-14H2,2-5H3,(H,23,27)/t16-,18+,19+,22+/m0/s1. The molecule has 1 spiro atoms. The molecule has 0 radical (unpaired) electrons. The summed E-state index contributed by atoms with van der Waals surface area (Å²) >= 11 is 0. The molecule has 6 heteroatoms. The van der Waals surface area contributed by atoms with E-state index in [1.165, 1.54) is 0 Å². The SMILES string of the molecule is C=CCC(C)(C)CN1C[C@@H]2[C@H](CNC(=O)c3cn(C)nc3C)[C@H]3CC[C@]2(C1)O3. The second-order valence-electron chi connectivity index (χ2n) is 9.87. The van der Waals surface area contributed by atoms with Crippen molar-refractivity contribution in [2.24, 2.45) is 24.3 Å². The van der Waals surface area contributed by atoms with Crippen molar-refractivity contribution in [3.63, 3.8) is 0 Å². The van der Waals surface area contributed by atoms with Crippen LogP contribution in [0.3, 0.4) is 0 Å². The molecule has 4 rings (SSSR count). The van der Waals surface area contributed by atoms with Crippen LogP contribution < -0.4 is 5.32 Å². The van der Waals surface area contributed by atoms with Gasteiger partial charge in [-0.1, -0.05) is 19.9 Å². The number of nitrogens with one attached hydrogen (secondary N) is 1. The third-order valence-electron chi connectivity index (χ3n) is 6.96. The predicted molar refractivity (Wildman–Crippen MR) is 109 cm³/mol. The van der Waals surface area contributed by atoms with Crippen molar-refractivity contribution < 1.29 is 9.53 Å². The van der Waals surface area contributed by atoms with Crippen molar-refractivity contribution in [3.8, 4) is 0 Å². The molecule has 3 aliphatic rings. The van der Waals surface area contributed by atoms with E-state index in [1.54, 1.807) is 10.9 Å². The van der Waals surface area contributed by atoms with Crippen LogP contribution in [-0.4, -0.2) is 58.5 Å². The van der Waals surface area contributed by atoms with Crippen LogP contribution in [0.1, 0.15) is 49.2 Å². The number of hydrogen-bond donors (Lipinski definition) is 1. The van der Waals surface area contributed by atoms with Crippen LogP contribution in [0, 0.1) is 24.2 Å². The maximum absolute atomic E-state index is 12.6. The van der Waals surface area contributed by atoms with Gasteiger partial charge in [0, 0.05) is 51.3 Å². The average molecular weight is 387 g/mol. The number of ether oxygens (including phenoxy) is 1. The zero-order chi connectivity index (χ0) is 20.1. The van der Waals surface area contributed by atoms with E-state index >= 15 is 0 Å². The highest BCUT2D eigenvalue weighted by Gasteiger charge is 2.62.